The van der Waals surface area contributed by atoms with E-state index in [0.29, 0.717) is 35.9 Å². The van der Waals surface area contributed by atoms with Gasteiger partial charge < -0.3 is 15.1 Å². The summed E-state index contributed by atoms with van der Waals surface area (Å²) < 4.78 is 0. The minimum absolute atomic E-state index is 0.0780. The minimum atomic E-state index is -0.355. The van der Waals surface area contributed by atoms with Crippen molar-refractivity contribution in [3.63, 3.8) is 0 Å². The Morgan fingerprint density at radius 1 is 1.12 bits per heavy atom. The fourth-order valence-corrected chi connectivity index (χ4v) is 2.91. The van der Waals surface area contributed by atoms with Crippen molar-refractivity contribution in [2.75, 3.05) is 18.0 Å². The standard InChI is InChI=1S/C18H17N5O2/c24-13-5-8-23(11-13)16-9-15(14-4-2-7-20-18(14)25)21-17(22-16)12-3-1-6-19-10-12/h1-4,6-7,9-10,13,24H,5,8,11H2,(H,20,25). The summed E-state index contributed by atoms with van der Waals surface area (Å²) in [6.45, 7) is 1.26. The quantitative estimate of drug-likeness (QED) is 0.754. The van der Waals surface area contributed by atoms with Gasteiger partial charge in [-0.15, -0.1) is 0 Å². The maximum Gasteiger partial charge on any atom is 0.220 e. The van der Waals surface area contributed by atoms with Crippen LogP contribution in [0.2, 0.25) is 0 Å². The molecular weight excluding hydrogens is 318 g/mol. The van der Waals surface area contributed by atoms with Gasteiger partial charge in [0.15, 0.2) is 5.82 Å². The summed E-state index contributed by atoms with van der Waals surface area (Å²) >= 11 is 0. The van der Waals surface area contributed by atoms with Gasteiger partial charge >= 0.3 is 0 Å². The number of aliphatic hydroxyl groups excluding tert-OH is 1. The molecule has 0 aromatic carbocycles. The van der Waals surface area contributed by atoms with E-state index in [2.05, 4.69) is 19.9 Å². The first kappa shape index (κ1) is 15.5. The van der Waals surface area contributed by atoms with E-state index in [1.54, 1.807) is 24.5 Å². The highest BCUT2D eigenvalue weighted by Gasteiger charge is 2.23. The van der Waals surface area contributed by atoms with E-state index in [4.69, 9.17) is 0 Å². The predicted octanol–water partition coefficient (Wildman–Crippen LogP) is 1.88. The number of rotatable bonds is 3. The molecule has 1 aliphatic heterocycles. The summed E-state index contributed by atoms with van der Waals surface area (Å²) in [5.41, 5.74) is 1.90. The van der Waals surface area contributed by atoms with Gasteiger partial charge in [-0.25, -0.2) is 15.0 Å². The lowest BCUT2D eigenvalue weighted by atomic mass is 10.1. The average molecular weight is 335 g/mol. The molecule has 1 aliphatic rings. The number of hydrogen-bond acceptors (Lipinski definition) is 7. The van der Waals surface area contributed by atoms with E-state index < -0.39 is 0 Å². The largest absolute Gasteiger partial charge is 0.493 e. The number of pyridine rings is 2. The van der Waals surface area contributed by atoms with E-state index in [1.165, 1.54) is 6.20 Å². The second kappa shape index (κ2) is 6.45. The number of aromatic hydroxyl groups is 1. The Balaban J connectivity index is 1.85. The molecule has 3 aromatic rings. The van der Waals surface area contributed by atoms with Crippen LogP contribution in [0.25, 0.3) is 22.6 Å². The van der Waals surface area contributed by atoms with Gasteiger partial charge in [-0.1, -0.05) is 0 Å². The van der Waals surface area contributed by atoms with Crippen molar-refractivity contribution in [1.29, 1.82) is 0 Å². The Labute approximate surface area is 144 Å². The molecule has 2 N–H and O–H groups in total. The summed E-state index contributed by atoms with van der Waals surface area (Å²) in [6, 6.07) is 9.04. The third-order valence-electron chi connectivity index (χ3n) is 4.18. The fourth-order valence-electron chi connectivity index (χ4n) is 2.91. The highest BCUT2D eigenvalue weighted by atomic mass is 16.3. The van der Waals surface area contributed by atoms with Gasteiger partial charge in [-0.3, -0.25) is 4.98 Å². The summed E-state index contributed by atoms with van der Waals surface area (Å²) in [7, 11) is 0. The van der Waals surface area contributed by atoms with Crippen LogP contribution in [-0.4, -0.2) is 49.3 Å². The maximum atomic E-state index is 10.1. The number of aliphatic hydroxyl groups is 1. The zero-order chi connectivity index (χ0) is 17.2. The van der Waals surface area contributed by atoms with Crippen LogP contribution in [0.15, 0.2) is 48.9 Å². The van der Waals surface area contributed by atoms with Crippen molar-refractivity contribution < 1.29 is 10.2 Å². The van der Waals surface area contributed by atoms with Gasteiger partial charge in [0, 0.05) is 43.3 Å². The van der Waals surface area contributed by atoms with Crippen molar-refractivity contribution in [2.45, 2.75) is 12.5 Å². The van der Waals surface area contributed by atoms with Crippen molar-refractivity contribution in [1.82, 2.24) is 19.9 Å². The van der Waals surface area contributed by atoms with Crippen LogP contribution in [0.1, 0.15) is 6.42 Å². The van der Waals surface area contributed by atoms with Crippen molar-refractivity contribution in [3.8, 4) is 28.5 Å². The summed E-state index contributed by atoms with van der Waals surface area (Å²) in [5, 5.41) is 19.9. The van der Waals surface area contributed by atoms with Crippen LogP contribution in [0, 0.1) is 0 Å². The molecule has 0 amide bonds. The van der Waals surface area contributed by atoms with Crippen molar-refractivity contribution in [3.05, 3.63) is 48.9 Å². The maximum absolute atomic E-state index is 10.1. The van der Waals surface area contributed by atoms with Gasteiger partial charge in [-0.05, 0) is 30.7 Å². The van der Waals surface area contributed by atoms with Crippen LogP contribution >= 0.6 is 0 Å². The van der Waals surface area contributed by atoms with Crippen molar-refractivity contribution in [2.24, 2.45) is 0 Å². The van der Waals surface area contributed by atoms with E-state index in [-0.39, 0.29) is 12.0 Å². The van der Waals surface area contributed by atoms with Crippen LogP contribution in [-0.2, 0) is 0 Å². The van der Waals surface area contributed by atoms with Crippen LogP contribution in [0.5, 0.6) is 5.88 Å². The van der Waals surface area contributed by atoms with Crippen LogP contribution in [0.4, 0.5) is 5.82 Å². The molecular formula is C18H17N5O2. The monoisotopic (exact) mass is 335 g/mol. The van der Waals surface area contributed by atoms with Gasteiger partial charge in [0.1, 0.15) is 5.82 Å². The number of nitrogens with zero attached hydrogens (tertiary/aromatic N) is 5. The first-order valence-electron chi connectivity index (χ1n) is 8.07. The second-order valence-electron chi connectivity index (χ2n) is 5.94. The fraction of sp³-hybridized carbons (Fsp3) is 0.222. The Hall–Kier alpha value is -3.06. The molecule has 3 aromatic heterocycles. The highest BCUT2D eigenvalue weighted by Crippen LogP contribution is 2.30. The summed E-state index contributed by atoms with van der Waals surface area (Å²) in [4.78, 5) is 19.3. The molecule has 0 radical (unpaired) electrons. The lowest BCUT2D eigenvalue weighted by Gasteiger charge is -2.18. The topological polar surface area (TPSA) is 95.3 Å². The first-order valence-corrected chi connectivity index (χ1v) is 8.07. The molecule has 1 fully saturated rings. The number of aromatic nitrogens is 4. The molecule has 0 spiro atoms. The third kappa shape index (κ3) is 3.14. The highest BCUT2D eigenvalue weighted by molar-refractivity contribution is 5.70. The molecule has 1 unspecified atom stereocenters. The molecule has 25 heavy (non-hydrogen) atoms. The molecule has 126 valence electrons. The SMILES string of the molecule is Oc1ncccc1-c1cc(N2CCC(O)C2)nc(-c2cccnc2)n1. The Morgan fingerprint density at radius 2 is 2.00 bits per heavy atom. The van der Waals surface area contributed by atoms with Crippen molar-refractivity contribution >= 4 is 5.82 Å². The molecule has 0 bridgehead atoms. The van der Waals surface area contributed by atoms with Gasteiger partial charge in [0.05, 0.1) is 17.4 Å². The molecule has 7 nitrogen and oxygen atoms in total. The lowest BCUT2D eigenvalue weighted by molar-refractivity contribution is 0.198. The molecule has 4 rings (SSSR count). The summed E-state index contributed by atoms with van der Waals surface area (Å²) in [5.74, 6) is 1.15. The number of anilines is 1. The molecule has 4 heterocycles. The zero-order valence-electron chi connectivity index (χ0n) is 13.4. The van der Waals surface area contributed by atoms with Gasteiger partial charge in [-0.2, -0.15) is 0 Å². The Morgan fingerprint density at radius 3 is 2.72 bits per heavy atom. The van der Waals surface area contributed by atoms with E-state index in [0.717, 1.165) is 12.1 Å². The minimum Gasteiger partial charge on any atom is -0.493 e. The smallest absolute Gasteiger partial charge is 0.220 e. The normalized spacial score (nSPS) is 17.0. The van der Waals surface area contributed by atoms with Gasteiger partial charge in [0.25, 0.3) is 0 Å². The predicted molar refractivity (Wildman–Crippen MR) is 93.0 cm³/mol. The molecule has 0 saturated carbocycles. The number of β-amino-alcohol motifs (C(OH)–C–C–N with tert-alkyl or cyclic N) is 1. The van der Waals surface area contributed by atoms with Crippen LogP contribution in [0.3, 0.4) is 0 Å². The van der Waals surface area contributed by atoms with E-state index in [1.807, 2.05) is 23.1 Å². The van der Waals surface area contributed by atoms with Crippen LogP contribution < -0.4 is 4.90 Å². The molecule has 1 atom stereocenters. The Kier molecular flexibility index (Phi) is 3.99. The van der Waals surface area contributed by atoms with E-state index >= 15 is 0 Å². The van der Waals surface area contributed by atoms with E-state index in [9.17, 15) is 10.2 Å². The lowest BCUT2D eigenvalue weighted by Crippen LogP contribution is -2.22. The number of hydrogen-bond donors (Lipinski definition) is 2. The molecule has 7 heteroatoms. The summed E-state index contributed by atoms with van der Waals surface area (Å²) in [6.07, 6.45) is 5.27. The molecule has 1 saturated heterocycles. The Bertz CT molecular complexity index is 888. The first-order chi connectivity index (χ1) is 12.2. The van der Waals surface area contributed by atoms with Gasteiger partial charge in [0.2, 0.25) is 5.88 Å². The average Bonchev–Trinajstić information content (AvgIpc) is 3.09. The molecule has 0 aliphatic carbocycles. The second-order valence-corrected chi connectivity index (χ2v) is 5.94. The zero-order valence-corrected chi connectivity index (χ0v) is 13.4. The third-order valence-corrected chi connectivity index (χ3v) is 4.18.